The molecule has 3 aromatic rings. The van der Waals surface area contributed by atoms with Crippen molar-refractivity contribution in [3.05, 3.63) is 46.5 Å². The van der Waals surface area contributed by atoms with Crippen molar-refractivity contribution in [3.8, 4) is 0 Å². The molecule has 23 heavy (non-hydrogen) atoms. The fourth-order valence-corrected chi connectivity index (χ4v) is 2.83. The Kier molecular flexibility index (Phi) is 3.60. The minimum atomic E-state index is -0.195. The van der Waals surface area contributed by atoms with Crippen molar-refractivity contribution in [2.75, 3.05) is 5.32 Å². The highest BCUT2D eigenvalue weighted by molar-refractivity contribution is 6.06. The summed E-state index contributed by atoms with van der Waals surface area (Å²) in [6.07, 6.45) is 1.57. The van der Waals surface area contributed by atoms with E-state index in [0.29, 0.717) is 5.56 Å². The Hall–Kier alpha value is -2.76. The molecule has 1 N–H and O–H groups in total. The zero-order valence-electron chi connectivity index (χ0n) is 13.9. The van der Waals surface area contributed by atoms with Gasteiger partial charge in [-0.3, -0.25) is 14.5 Å². The van der Waals surface area contributed by atoms with Gasteiger partial charge < -0.3 is 5.32 Å². The molecule has 118 valence electrons. The summed E-state index contributed by atoms with van der Waals surface area (Å²) in [5, 5.41) is 8.15. The van der Waals surface area contributed by atoms with Gasteiger partial charge in [-0.2, -0.15) is 5.10 Å². The van der Waals surface area contributed by atoms with Crippen LogP contribution in [0.5, 0.6) is 0 Å². The Balaban J connectivity index is 1.97. The first-order valence-corrected chi connectivity index (χ1v) is 7.42. The first-order chi connectivity index (χ1) is 10.9. The quantitative estimate of drug-likeness (QED) is 0.790. The van der Waals surface area contributed by atoms with Gasteiger partial charge in [0.2, 0.25) is 0 Å². The predicted octanol–water partition coefficient (Wildman–Crippen LogP) is 2.85. The van der Waals surface area contributed by atoms with E-state index in [1.165, 1.54) is 0 Å². The molecule has 0 fully saturated rings. The molecule has 0 aliphatic carbocycles. The lowest BCUT2D eigenvalue weighted by Gasteiger charge is -2.12. The van der Waals surface area contributed by atoms with Crippen molar-refractivity contribution < 1.29 is 4.79 Å². The van der Waals surface area contributed by atoms with Crippen molar-refractivity contribution >= 4 is 22.6 Å². The average Bonchev–Trinajstić information content (AvgIpc) is 2.77. The topological polar surface area (TPSA) is 72.7 Å². The molecule has 3 heterocycles. The van der Waals surface area contributed by atoms with E-state index in [2.05, 4.69) is 20.4 Å². The Morgan fingerprint density at radius 2 is 1.87 bits per heavy atom. The van der Waals surface area contributed by atoms with Crippen LogP contribution in [0.4, 0.5) is 5.69 Å². The second kappa shape index (κ2) is 5.46. The van der Waals surface area contributed by atoms with Gasteiger partial charge in [0.25, 0.3) is 5.91 Å². The minimum Gasteiger partial charge on any atom is -0.320 e. The minimum absolute atomic E-state index is 0.195. The molecule has 0 aromatic carbocycles. The summed E-state index contributed by atoms with van der Waals surface area (Å²) < 4.78 is 1.71. The number of fused-ring (bicyclic) bond motifs is 1. The first kappa shape index (κ1) is 15.1. The molecule has 0 aliphatic rings. The van der Waals surface area contributed by atoms with Gasteiger partial charge in [-0.25, -0.2) is 4.98 Å². The van der Waals surface area contributed by atoms with E-state index in [1.807, 2.05) is 46.9 Å². The maximum Gasteiger partial charge on any atom is 0.257 e. The Labute approximate surface area is 134 Å². The zero-order chi connectivity index (χ0) is 16.7. The van der Waals surface area contributed by atoms with Gasteiger partial charge in [0.05, 0.1) is 22.6 Å². The molecule has 3 rings (SSSR count). The van der Waals surface area contributed by atoms with E-state index in [0.717, 1.165) is 39.4 Å². The van der Waals surface area contributed by atoms with E-state index in [9.17, 15) is 4.79 Å². The summed E-state index contributed by atoms with van der Waals surface area (Å²) in [5.74, 6) is -0.195. The normalized spacial score (nSPS) is 11.0. The number of carbonyl (C=O) groups is 1. The number of aromatic nitrogens is 4. The van der Waals surface area contributed by atoms with Crippen molar-refractivity contribution in [1.82, 2.24) is 19.7 Å². The lowest BCUT2D eigenvalue weighted by molar-refractivity contribution is 0.102. The molecule has 3 aromatic heterocycles. The highest BCUT2D eigenvalue weighted by Crippen LogP contribution is 2.21. The average molecular weight is 309 g/mol. The lowest BCUT2D eigenvalue weighted by atomic mass is 10.1. The third kappa shape index (κ3) is 2.67. The number of pyridine rings is 2. The van der Waals surface area contributed by atoms with Crippen LogP contribution in [-0.4, -0.2) is 25.7 Å². The second-order valence-corrected chi connectivity index (χ2v) is 5.80. The SMILES string of the molecule is Cc1cc(C)c(NC(=O)c2cnc3c(c2)c(C)nn3C)c(C)n1. The summed E-state index contributed by atoms with van der Waals surface area (Å²) in [6, 6.07) is 3.78. The second-order valence-electron chi connectivity index (χ2n) is 5.80. The number of hydrogen-bond donors (Lipinski definition) is 1. The molecular formula is C17H19N5O. The van der Waals surface area contributed by atoms with Crippen LogP contribution < -0.4 is 5.32 Å². The van der Waals surface area contributed by atoms with Gasteiger partial charge in [-0.15, -0.1) is 0 Å². The molecular weight excluding hydrogens is 290 g/mol. The standard InChI is InChI=1S/C17H19N5O/c1-9-6-10(2)19-12(4)15(9)20-17(23)13-7-14-11(3)21-22(5)16(14)18-8-13/h6-8H,1-5H3,(H,20,23). The van der Waals surface area contributed by atoms with Crippen LogP contribution in [-0.2, 0) is 7.05 Å². The van der Waals surface area contributed by atoms with Gasteiger partial charge in [0, 0.05) is 24.3 Å². The van der Waals surface area contributed by atoms with Crippen LogP contribution in [0, 0.1) is 27.7 Å². The Morgan fingerprint density at radius 1 is 1.13 bits per heavy atom. The maximum absolute atomic E-state index is 12.6. The fraction of sp³-hybridized carbons (Fsp3) is 0.294. The van der Waals surface area contributed by atoms with E-state index in [1.54, 1.807) is 10.9 Å². The van der Waals surface area contributed by atoms with Crippen LogP contribution in [0.2, 0.25) is 0 Å². The van der Waals surface area contributed by atoms with E-state index >= 15 is 0 Å². The van der Waals surface area contributed by atoms with Gasteiger partial charge in [-0.05, 0) is 45.4 Å². The molecule has 0 radical (unpaired) electrons. The molecule has 6 heteroatoms. The number of rotatable bonds is 2. The van der Waals surface area contributed by atoms with Crippen LogP contribution in [0.15, 0.2) is 18.3 Å². The van der Waals surface area contributed by atoms with Crippen molar-refractivity contribution in [2.24, 2.45) is 7.05 Å². The third-order valence-electron chi connectivity index (χ3n) is 3.89. The van der Waals surface area contributed by atoms with Crippen LogP contribution in [0.25, 0.3) is 11.0 Å². The zero-order valence-corrected chi connectivity index (χ0v) is 13.9. The Morgan fingerprint density at radius 3 is 2.57 bits per heavy atom. The number of anilines is 1. The summed E-state index contributed by atoms with van der Waals surface area (Å²) in [5.41, 5.74) is 5.62. The van der Waals surface area contributed by atoms with Crippen LogP contribution >= 0.6 is 0 Å². The van der Waals surface area contributed by atoms with E-state index in [4.69, 9.17) is 0 Å². The van der Waals surface area contributed by atoms with Crippen LogP contribution in [0.3, 0.4) is 0 Å². The number of aryl methyl sites for hydroxylation is 5. The lowest BCUT2D eigenvalue weighted by Crippen LogP contribution is -2.15. The molecule has 0 saturated heterocycles. The summed E-state index contributed by atoms with van der Waals surface area (Å²) >= 11 is 0. The fourth-order valence-electron chi connectivity index (χ4n) is 2.83. The third-order valence-corrected chi connectivity index (χ3v) is 3.89. The predicted molar refractivity (Wildman–Crippen MR) is 89.6 cm³/mol. The summed E-state index contributed by atoms with van der Waals surface area (Å²) in [4.78, 5) is 21.3. The first-order valence-electron chi connectivity index (χ1n) is 7.42. The van der Waals surface area contributed by atoms with Gasteiger partial charge in [0.1, 0.15) is 0 Å². The molecule has 0 saturated carbocycles. The van der Waals surface area contributed by atoms with Gasteiger partial charge in [-0.1, -0.05) is 0 Å². The number of hydrogen-bond acceptors (Lipinski definition) is 4. The summed E-state index contributed by atoms with van der Waals surface area (Å²) in [7, 11) is 1.84. The molecule has 6 nitrogen and oxygen atoms in total. The van der Waals surface area contributed by atoms with Gasteiger partial charge >= 0.3 is 0 Å². The summed E-state index contributed by atoms with van der Waals surface area (Å²) in [6.45, 7) is 7.70. The van der Waals surface area contributed by atoms with Gasteiger partial charge in [0.15, 0.2) is 5.65 Å². The number of amides is 1. The van der Waals surface area contributed by atoms with Crippen molar-refractivity contribution in [1.29, 1.82) is 0 Å². The van der Waals surface area contributed by atoms with E-state index < -0.39 is 0 Å². The molecule has 0 atom stereocenters. The van der Waals surface area contributed by atoms with Crippen molar-refractivity contribution in [3.63, 3.8) is 0 Å². The molecule has 0 aliphatic heterocycles. The smallest absolute Gasteiger partial charge is 0.257 e. The maximum atomic E-state index is 12.6. The Bertz CT molecular complexity index is 903. The molecule has 1 amide bonds. The molecule has 0 unspecified atom stereocenters. The van der Waals surface area contributed by atoms with E-state index in [-0.39, 0.29) is 5.91 Å². The van der Waals surface area contributed by atoms with Crippen LogP contribution in [0.1, 0.15) is 33.0 Å². The highest BCUT2D eigenvalue weighted by atomic mass is 16.1. The molecule has 0 bridgehead atoms. The molecule has 0 spiro atoms. The number of nitrogens with one attached hydrogen (secondary N) is 1. The highest BCUT2D eigenvalue weighted by Gasteiger charge is 2.14. The van der Waals surface area contributed by atoms with Crippen molar-refractivity contribution in [2.45, 2.75) is 27.7 Å². The number of carbonyl (C=O) groups excluding carboxylic acids is 1. The largest absolute Gasteiger partial charge is 0.320 e. The monoisotopic (exact) mass is 309 g/mol. The number of nitrogens with zero attached hydrogens (tertiary/aromatic N) is 4.